The first-order chi connectivity index (χ1) is 19.4. The maximum absolute atomic E-state index is 11.7. The summed E-state index contributed by atoms with van der Waals surface area (Å²) in [6.45, 7) is 4.07. The average Bonchev–Trinajstić information content (AvgIpc) is 3.56. The molecular formula is C33H58O7. The fourth-order valence-electron chi connectivity index (χ4n) is 6.60. The van der Waals surface area contributed by atoms with Gasteiger partial charge < -0.3 is 29.5 Å². The Bertz CT molecular complexity index is 740. The molecule has 0 saturated carbocycles. The SMILES string of the molecule is CCCCCCCCCCCC[C@@H](O)[C@H]1CC[C@H]([C@H]2CCC[C@@H]([C@@H](O)CCC[C@@H](O)CC3=C[C@H](C)OC3=O)O2)O1. The molecular weight excluding hydrogens is 508 g/mol. The Hall–Kier alpha value is -0.990. The van der Waals surface area contributed by atoms with E-state index in [9.17, 15) is 20.1 Å². The zero-order valence-corrected chi connectivity index (χ0v) is 25.3. The summed E-state index contributed by atoms with van der Waals surface area (Å²) < 4.78 is 17.7. The quantitative estimate of drug-likeness (QED) is 0.117. The number of carbonyl (C=O) groups excluding carboxylic acids is 1. The lowest BCUT2D eigenvalue weighted by Crippen LogP contribution is -2.42. The number of aliphatic hydroxyl groups is 3. The Balaban J connectivity index is 1.26. The zero-order chi connectivity index (χ0) is 28.7. The van der Waals surface area contributed by atoms with E-state index < -0.39 is 18.3 Å². The van der Waals surface area contributed by atoms with E-state index in [1.165, 1.54) is 57.8 Å². The van der Waals surface area contributed by atoms with Crippen LogP contribution in [-0.2, 0) is 19.0 Å². The monoisotopic (exact) mass is 566 g/mol. The van der Waals surface area contributed by atoms with Crippen LogP contribution in [0.1, 0.15) is 142 Å². The van der Waals surface area contributed by atoms with Crippen molar-refractivity contribution >= 4 is 5.97 Å². The summed E-state index contributed by atoms with van der Waals surface area (Å²) in [7, 11) is 0. The molecule has 0 unspecified atom stereocenters. The summed E-state index contributed by atoms with van der Waals surface area (Å²) >= 11 is 0. The van der Waals surface area contributed by atoms with Gasteiger partial charge in [-0.15, -0.1) is 0 Å². The van der Waals surface area contributed by atoms with Crippen LogP contribution < -0.4 is 0 Å². The first-order valence-electron chi connectivity index (χ1n) is 16.6. The van der Waals surface area contributed by atoms with E-state index in [0.717, 1.165) is 44.9 Å². The van der Waals surface area contributed by atoms with Crippen molar-refractivity contribution in [3.63, 3.8) is 0 Å². The van der Waals surface area contributed by atoms with Gasteiger partial charge in [-0.1, -0.05) is 71.1 Å². The lowest BCUT2D eigenvalue weighted by atomic mass is 9.93. The number of hydrogen-bond acceptors (Lipinski definition) is 7. The van der Waals surface area contributed by atoms with Crippen molar-refractivity contribution in [2.24, 2.45) is 0 Å². The summed E-state index contributed by atoms with van der Waals surface area (Å²) in [6, 6.07) is 0. The molecule has 0 aromatic heterocycles. The van der Waals surface area contributed by atoms with E-state index in [1.807, 2.05) is 6.92 Å². The van der Waals surface area contributed by atoms with E-state index in [2.05, 4.69) is 6.92 Å². The number of hydrogen-bond donors (Lipinski definition) is 3. The van der Waals surface area contributed by atoms with Crippen molar-refractivity contribution in [3.8, 4) is 0 Å². The molecule has 0 bridgehead atoms. The lowest BCUT2D eigenvalue weighted by molar-refractivity contribution is -0.160. The molecule has 0 spiro atoms. The van der Waals surface area contributed by atoms with Gasteiger partial charge in [-0.2, -0.15) is 0 Å². The van der Waals surface area contributed by atoms with Gasteiger partial charge in [-0.05, 0) is 70.8 Å². The van der Waals surface area contributed by atoms with E-state index in [1.54, 1.807) is 6.08 Å². The third kappa shape index (κ3) is 11.7. The second-order valence-corrected chi connectivity index (χ2v) is 12.6. The minimum Gasteiger partial charge on any atom is -0.455 e. The van der Waals surface area contributed by atoms with Crippen molar-refractivity contribution in [3.05, 3.63) is 11.6 Å². The van der Waals surface area contributed by atoms with Crippen molar-refractivity contribution in [1.29, 1.82) is 0 Å². The first-order valence-corrected chi connectivity index (χ1v) is 16.6. The summed E-state index contributed by atoms with van der Waals surface area (Å²) in [5, 5.41) is 31.9. The number of aliphatic hydroxyl groups excluding tert-OH is 3. The highest BCUT2D eigenvalue weighted by atomic mass is 16.6. The molecule has 3 N–H and O–H groups in total. The third-order valence-electron chi connectivity index (χ3n) is 9.02. The van der Waals surface area contributed by atoms with Gasteiger partial charge >= 0.3 is 5.97 Å². The molecule has 3 rings (SSSR count). The number of unbranched alkanes of at least 4 members (excludes halogenated alkanes) is 9. The maximum atomic E-state index is 11.7. The van der Waals surface area contributed by atoms with Crippen molar-refractivity contribution < 1.29 is 34.3 Å². The Morgan fingerprint density at radius 2 is 1.32 bits per heavy atom. The molecule has 0 aromatic rings. The summed E-state index contributed by atoms with van der Waals surface area (Å²) in [4.78, 5) is 11.7. The second-order valence-electron chi connectivity index (χ2n) is 12.6. The highest BCUT2D eigenvalue weighted by molar-refractivity contribution is 5.90. The van der Waals surface area contributed by atoms with E-state index >= 15 is 0 Å². The topological polar surface area (TPSA) is 105 Å². The molecule has 0 aromatic carbocycles. The van der Waals surface area contributed by atoms with Crippen molar-refractivity contribution in [2.45, 2.75) is 191 Å². The zero-order valence-electron chi connectivity index (χ0n) is 25.3. The van der Waals surface area contributed by atoms with Gasteiger partial charge in [0.1, 0.15) is 6.10 Å². The average molecular weight is 567 g/mol. The van der Waals surface area contributed by atoms with Crippen LogP contribution in [0.5, 0.6) is 0 Å². The molecule has 7 heteroatoms. The molecule has 232 valence electrons. The number of carbonyl (C=O) groups is 1. The van der Waals surface area contributed by atoms with E-state index in [0.29, 0.717) is 31.3 Å². The Labute approximate surface area is 243 Å². The van der Waals surface area contributed by atoms with Crippen LogP contribution in [0.15, 0.2) is 11.6 Å². The van der Waals surface area contributed by atoms with Crippen LogP contribution >= 0.6 is 0 Å². The largest absolute Gasteiger partial charge is 0.455 e. The molecule has 3 aliphatic rings. The van der Waals surface area contributed by atoms with Crippen molar-refractivity contribution in [2.75, 3.05) is 0 Å². The van der Waals surface area contributed by atoms with Crippen LogP contribution in [-0.4, -0.2) is 70.1 Å². The summed E-state index contributed by atoms with van der Waals surface area (Å²) in [5.74, 6) is -0.337. The fourth-order valence-corrected chi connectivity index (χ4v) is 6.60. The van der Waals surface area contributed by atoms with Crippen molar-refractivity contribution in [1.82, 2.24) is 0 Å². The molecule has 2 saturated heterocycles. The van der Waals surface area contributed by atoms with E-state index in [-0.39, 0.29) is 36.5 Å². The third-order valence-corrected chi connectivity index (χ3v) is 9.02. The number of cyclic esters (lactones) is 1. The van der Waals surface area contributed by atoms with Crippen LogP contribution in [0.2, 0.25) is 0 Å². The highest BCUT2D eigenvalue weighted by Gasteiger charge is 2.39. The van der Waals surface area contributed by atoms with Gasteiger partial charge in [0.15, 0.2) is 0 Å². The van der Waals surface area contributed by atoms with Gasteiger partial charge in [0.2, 0.25) is 0 Å². The number of ether oxygens (including phenoxy) is 3. The van der Waals surface area contributed by atoms with Gasteiger partial charge in [-0.25, -0.2) is 4.79 Å². The Kier molecular flexibility index (Phi) is 15.5. The number of rotatable bonds is 20. The molecule has 3 heterocycles. The van der Waals surface area contributed by atoms with Gasteiger partial charge in [0.05, 0.1) is 42.7 Å². The lowest BCUT2D eigenvalue weighted by Gasteiger charge is -2.36. The second kappa shape index (κ2) is 18.5. The van der Waals surface area contributed by atoms with Gasteiger partial charge in [0.25, 0.3) is 0 Å². The molecule has 0 amide bonds. The minimum atomic E-state index is -0.619. The normalized spacial score (nSPS) is 29.3. The van der Waals surface area contributed by atoms with Crippen LogP contribution in [0.3, 0.4) is 0 Å². The molecule has 7 nitrogen and oxygen atoms in total. The molecule has 8 atom stereocenters. The molecule has 2 fully saturated rings. The molecule has 40 heavy (non-hydrogen) atoms. The first kappa shape index (κ1) is 33.5. The minimum absolute atomic E-state index is 0.00832. The Morgan fingerprint density at radius 3 is 1.95 bits per heavy atom. The summed E-state index contributed by atoms with van der Waals surface area (Å²) in [6.07, 6.45) is 19.9. The molecule has 0 aliphatic carbocycles. The van der Waals surface area contributed by atoms with Crippen LogP contribution in [0.25, 0.3) is 0 Å². The molecule has 0 radical (unpaired) electrons. The van der Waals surface area contributed by atoms with Gasteiger partial charge in [0, 0.05) is 12.0 Å². The highest BCUT2D eigenvalue weighted by Crippen LogP contribution is 2.34. The smallest absolute Gasteiger partial charge is 0.334 e. The molecule has 3 aliphatic heterocycles. The Morgan fingerprint density at radius 1 is 0.750 bits per heavy atom. The standard InChI is InChI=1S/C33H58O7/c1-3-4-5-6-7-8-9-10-11-12-16-27(35)30-20-21-32(40-30)31-19-14-18-29(39-31)28(36)17-13-15-26(34)23-25-22-24(2)38-33(25)37/h22,24,26-32,34-36H,3-21,23H2,1-2H3/t24-,26+,27+,28-,29-,30+,31+,32+/m0/s1. The van der Waals surface area contributed by atoms with E-state index in [4.69, 9.17) is 14.2 Å². The van der Waals surface area contributed by atoms with Gasteiger partial charge in [-0.3, -0.25) is 0 Å². The van der Waals surface area contributed by atoms with Crippen LogP contribution in [0, 0.1) is 0 Å². The fraction of sp³-hybridized carbons (Fsp3) is 0.909. The predicted molar refractivity (Wildman–Crippen MR) is 157 cm³/mol. The summed E-state index contributed by atoms with van der Waals surface area (Å²) in [5.41, 5.74) is 0.544. The predicted octanol–water partition coefficient (Wildman–Crippen LogP) is 6.30. The van der Waals surface area contributed by atoms with Crippen LogP contribution in [0.4, 0.5) is 0 Å². The maximum Gasteiger partial charge on any atom is 0.334 e. The number of esters is 1.